The number of nitrogens with one attached hydrogen (secondary N) is 1. The number of benzene rings is 1. The molecule has 0 bridgehead atoms. The van der Waals surface area contributed by atoms with Gasteiger partial charge >= 0.3 is 0 Å². The van der Waals surface area contributed by atoms with E-state index in [9.17, 15) is 18.4 Å². The zero-order valence-corrected chi connectivity index (χ0v) is 20.0. The molecule has 192 valence electrons. The Morgan fingerprint density at radius 1 is 1.28 bits per heavy atom. The van der Waals surface area contributed by atoms with Crippen LogP contribution in [0.15, 0.2) is 41.5 Å². The van der Waals surface area contributed by atoms with Crippen molar-refractivity contribution in [1.29, 1.82) is 0 Å². The van der Waals surface area contributed by atoms with Gasteiger partial charge in [-0.05, 0) is 37.3 Å². The number of rotatable bonds is 10. The molecule has 9 nitrogen and oxygen atoms in total. The lowest BCUT2D eigenvalue weighted by Gasteiger charge is -2.21. The molecule has 1 aliphatic carbocycles. The minimum Gasteiger partial charge on any atom is -0.449 e. The molecule has 36 heavy (non-hydrogen) atoms. The Balaban J connectivity index is 1.56. The molecule has 1 unspecified atom stereocenters. The second-order valence-electron chi connectivity index (χ2n) is 9.02. The van der Waals surface area contributed by atoms with Crippen LogP contribution in [0.5, 0.6) is 11.5 Å². The van der Waals surface area contributed by atoms with Crippen LogP contribution >= 0.6 is 0 Å². The van der Waals surface area contributed by atoms with Gasteiger partial charge in [0.15, 0.2) is 29.0 Å². The smallest absolute Gasteiger partial charge is 0.271 e. The highest BCUT2D eigenvalue weighted by Gasteiger charge is 2.29. The summed E-state index contributed by atoms with van der Waals surface area (Å²) >= 11 is 0. The van der Waals surface area contributed by atoms with Crippen molar-refractivity contribution in [3.05, 3.63) is 64.2 Å². The molecule has 4 rings (SSSR count). The monoisotopic (exact) mass is 501 g/mol. The van der Waals surface area contributed by atoms with E-state index in [2.05, 4.69) is 15.5 Å². The van der Waals surface area contributed by atoms with E-state index in [1.54, 1.807) is 16.9 Å². The summed E-state index contributed by atoms with van der Waals surface area (Å²) in [5, 5.41) is 20.1. The fourth-order valence-corrected chi connectivity index (χ4v) is 4.41. The van der Waals surface area contributed by atoms with Crippen molar-refractivity contribution in [3.8, 4) is 11.5 Å². The minimum atomic E-state index is -0.904. The molecule has 2 heterocycles. The number of hydrogen-bond acceptors (Lipinski definition) is 6. The second-order valence-corrected chi connectivity index (χ2v) is 9.02. The Labute approximate surface area is 206 Å². The molecule has 1 amide bonds. The molecule has 1 aliphatic rings. The molecular formula is C25H29F2N5O4. The standard InChI is InChI=1S/C25H29F2N5O4/c1-16-7-8-19(26)24(23(16)27)36-18-14-22(34)32(28-15-18)20(13-17-5-2-3-6-17)25(35)29-21-9-11-31(30-21)10-4-12-33/h7-9,11,14-15,17,20,33H,2-6,10,12-13H2,1H3,(H,29,30,35). The van der Waals surface area contributed by atoms with Crippen molar-refractivity contribution in [2.24, 2.45) is 5.92 Å². The number of carbonyl (C=O) groups is 1. The highest BCUT2D eigenvalue weighted by atomic mass is 19.1. The molecule has 2 N–H and O–H groups in total. The molecule has 11 heteroatoms. The Bertz CT molecular complexity index is 1270. The maximum absolute atomic E-state index is 14.3. The maximum atomic E-state index is 14.3. The average molecular weight is 502 g/mol. The molecule has 0 saturated heterocycles. The SMILES string of the molecule is Cc1ccc(F)c(Oc2cnn(C(CC3CCCC3)C(=O)Nc3ccn(CCCO)n3)c(=O)c2)c1F. The summed E-state index contributed by atoms with van der Waals surface area (Å²) in [6.07, 6.45) is 7.87. The number of hydrogen-bond donors (Lipinski definition) is 2. The number of halogens is 2. The van der Waals surface area contributed by atoms with E-state index >= 15 is 0 Å². The van der Waals surface area contributed by atoms with Crippen LogP contribution in [-0.2, 0) is 11.3 Å². The predicted molar refractivity (Wildman–Crippen MR) is 128 cm³/mol. The number of aliphatic hydroxyl groups excluding tert-OH is 1. The fraction of sp³-hybridized carbons (Fsp3) is 0.440. The van der Waals surface area contributed by atoms with E-state index in [0.29, 0.717) is 25.2 Å². The number of aromatic nitrogens is 4. The quantitative estimate of drug-likeness (QED) is 0.435. The lowest BCUT2D eigenvalue weighted by molar-refractivity contribution is -0.120. The summed E-state index contributed by atoms with van der Waals surface area (Å²) in [5.74, 6) is -2.37. The third-order valence-electron chi connectivity index (χ3n) is 6.33. The van der Waals surface area contributed by atoms with Crippen LogP contribution in [0.25, 0.3) is 0 Å². The van der Waals surface area contributed by atoms with Crippen molar-refractivity contribution in [3.63, 3.8) is 0 Å². The van der Waals surface area contributed by atoms with E-state index < -0.39 is 34.9 Å². The first-order valence-electron chi connectivity index (χ1n) is 12.0. The summed E-state index contributed by atoms with van der Waals surface area (Å²) < 4.78 is 36.4. The summed E-state index contributed by atoms with van der Waals surface area (Å²) in [6.45, 7) is 2.00. The van der Waals surface area contributed by atoms with Crippen LogP contribution < -0.4 is 15.6 Å². The van der Waals surface area contributed by atoms with E-state index in [1.807, 2.05) is 0 Å². The third kappa shape index (κ3) is 5.96. The normalized spacial score (nSPS) is 14.7. The van der Waals surface area contributed by atoms with Crippen molar-refractivity contribution < 1.29 is 23.4 Å². The largest absolute Gasteiger partial charge is 0.449 e. The van der Waals surface area contributed by atoms with Crippen LogP contribution in [0.1, 0.15) is 50.1 Å². The van der Waals surface area contributed by atoms with Crippen LogP contribution in [0.2, 0.25) is 0 Å². The van der Waals surface area contributed by atoms with Gasteiger partial charge in [-0.2, -0.15) is 10.2 Å². The molecule has 1 atom stereocenters. The molecule has 1 aromatic carbocycles. The molecule has 0 spiro atoms. The van der Waals surface area contributed by atoms with Gasteiger partial charge in [0.2, 0.25) is 0 Å². The van der Waals surface area contributed by atoms with Crippen LogP contribution in [-0.4, -0.2) is 37.2 Å². The molecule has 1 fully saturated rings. The maximum Gasteiger partial charge on any atom is 0.271 e. The van der Waals surface area contributed by atoms with Gasteiger partial charge < -0.3 is 15.2 Å². The molecule has 3 aromatic rings. The van der Waals surface area contributed by atoms with Crippen LogP contribution in [0, 0.1) is 24.5 Å². The summed E-state index contributed by atoms with van der Waals surface area (Å²) in [5.41, 5.74) is -0.438. The first-order valence-corrected chi connectivity index (χ1v) is 12.0. The highest BCUT2D eigenvalue weighted by Crippen LogP contribution is 2.32. The average Bonchev–Trinajstić information content (AvgIpc) is 3.54. The Morgan fingerprint density at radius 3 is 2.78 bits per heavy atom. The Kier molecular flexibility index (Phi) is 8.09. The van der Waals surface area contributed by atoms with Gasteiger partial charge in [0, 0.05) is 31.5 Å². The van der Waals surface area contributed by atoms with Crippen LogP contribution in [0.3, 0.4) is 0 Å². The van der Waals surface area contributed by atoms with Gasteiger partial charge in [-0.3, -0.25) is 14.3 Å². The first kappa shape index (κ1) is 25.5. The van der Waals surface area contributed by atoms with Gasteiger partial charge in [-0.25, -0.2) is 13.5 Å². The van der Waals surface area contributed by atoms with Crippen molar-refractivity contribution in [1.82, 2.24) is 19.6 Å². The van der Waals surface area contributed by atoms with E-state index in [-0.39, 0.29) is 23.8 Å². The van der Waals surface area contributed by atoms with E-state index in [4.69, 9.17) is 9.84 Å². The predicted octanol–water partition coefficient (Wildman–Crippen LogP) is 3.96. The number of amides is 1. The number of ether oxygens (including phenoxy) is 1. The number of aliphatic hydroxyl groups is 1. The molecule has 0 radical (unpaired) electrons. The Morgan fingerprint density at radius 2 is 2.06 bits per heavy atom. The lowest BCUT2D eigenvalue weighted by atomic mass is 9.98. The van der Waals surface area contributed by atoms with Crippen molar-refractivity contribution in [2.45, 2.75) is 58.0 Å². The molecule has 0 aliphatic heterocycles. The topological polar surface area (TPSA) is 111 Å². The van der Waals surface area contributed by atoms with Gasteiger partial charge in [-0.1, -0.05) is 31.7 Å². The number of aryl methyl sites for hydroxylation is 2. The number of anilines is 1. The van der Waals surface area contributed by atoms with Gasteiger partial charge in [0.05, 0.1) is 6.20 Å². The third-order valence-corrected chi connectivity index (χ3v) is 6.33. The molecule has 2 aromatic heterocycles. The van der Waals surface area contributed by atoms with E-state index in [0.717, 1.165) is 42.5 Å². The van der Waals surface area contributed by atoms with Crippen molar-refractivity contribution >= 4 is 11.7 Å². The van der Waals surface area contributed by atoms with Gasteiger partial charge in [0.1, 0.15) is 6.04 Å². The number of carbonyl (C=O) groups excluding carboxylic acids is 1. The zero-order valence-electron chi connectivity index (χ0n) is 20.0. The summed E-state index contributed by atoms with van der Waals surface area (Å²) in [6, 6.07) is 4.17. The van der Waals surface area contributed by atoms with Gasteiger partial charge in [0.25, 0.3) is 11.5 Å². The highest BCUT2D eigenvalue weighted by molar-refractivity contribution is 5.92. The molecule has 1 saturated carbocycles. The van der Waals surface area contributed by atoms with Crippen molar-refractivity contribution in [2.75, 3.05) is 11.9 Å². The zero-order chi connectivity index (χ0) is 25.7. The van der Waals surface area contributed by atoms with Crippen LogP contribution in [0.4, 0.5) is 14.6 Å². The Hall–Kier alpha value is -3.60. The minimum absolute atomic E-state index is 0.0302. The van der Waals surface area contributed by atoms with Gasteiger partial charge in [-0.15, -0.1) is 0 Å². The van der Waals surface area contributed by atoms with E-state index in [1.165, 1.54) is 19.2 Å². The fourth-order valence-electron chi connectivity index (χ4n) is 4.41. The summed E-state index contributed by atoms with van der Waals surface area (Å²) in [7, 11) is 0. The first-order chi connectivity index (χ1) is 17.4. The number of nitrogens with zero attached hydrogens (tertiary/aromatic N) is 4. The second kappa shape index (κ2) is 11.4. The lowest BCUT2D eigenvalue weighted by Crippen LogP contribution is -2.36. The summed E-state index contributed by atoms with van der Waals surface area (Å²) in [4.78, 5) is 26.2. The molecular weight excluding hydrogens is 472 g/mol.